The molecule has 0 spiro atoms. The summed E-state index contributed by atoms with van der Waals surface area (Å²) in [7, 11) is 0. The summed E-state index contributed by atoms with van der Waals surface area (Å²) in [6.45, 7) is 13.4. The minimum Gasteiger partial charge on any atom is -0.316 e. The van der Waals surface area contributed by atoms with Crippen LogP contribution >= 0.6 is 0 Å². The molecule has 2 aliphatic carbocycles. The minimum atomic E-state index is 0.557. The highest BCUT2D eigenvalue weighted by atomic mass is 15.1. The van der Waals surface area contributed by atoms with E-state index >= 15 is 0 Å². The summed E-state index contributed by atoms with van der Waals surface area (Å²) >= 11 is 0. The predicted molar refractivity (Wildman–Crippen MR) is 92.7 cm³/mol. The van der Waals surface area contributed by atoms with E-state index in [1.54, 1.807) is 0 Å². The van der Waals surface area contributed by atoms with Crippen LogP contribution in [0.3, 0.4) is 0 Å². The molecule has 0 atom stereocenters. The van der Waals surface area contributed by atoms with Crippen LogP contribution in [-0.2, 0) is 0 Å². The topological polar surface area (TPSA) is 15.3 Å². The van der Waals surface area contributed by atoms with Gasteiger partial charge in [-0.1, -0.05) is 40.0 Å². The average molecular weight is 295 g/mol. The molecule has 2 saturated carbocycles. The van der Waals surface area contributed by atoms with Gasteiger partial charge in [-0.15, -0.1) is 0 Å². The van der Waals surface area contributed by atoms with Crippen molar-refractivity contribution >= 4 is 0 Å². The summed E-state index contributed by atoms with van der Waals surface area (Å²) in [4.78, 5) is 2.77. The fraction of sp³-hybridized carbons (Fsp3) is 1.00. The van der Waals surface area contributed by atoms with E-state index in [0.717, 1.165) is 11.8 Å². The van der Waals surface area contributed by atoms with Crippen molar-refractivity contribution in [3.05, 3.63) is 0 Å². The molecule has 0 aliphatic heterocycles. The van der Waals surface area contributed by atoms with Crippen LogP contribution in [0.15, 0.2) is 0 Å². The fourth-order valence-corrected chi connectivity index (χ4v) is 4.12. The van der Waals surface area contributed by atoms with Gasteiger partial charge in [0.25, 0.3) is 0 Å². The van der Waals surface area contributed by atoms with E-state index in [-0.39, 0.29) is 0 Å². The maximum Gasteiger partial charge on any atom is 0.00501 e. The van der Waals surface area contributed by atoms with Gasteiger partial charge in [0.2, 0.25) is 0 Å². The quantitative estimate of drug-likeness (QED) is 0.638. The van der Waals surface area contributed by atoms with E-state index in [0.29, 0.717) is 5.41 Å². The molecule has 2 aliphatic rings. The Balaban J connectivity index is 1.89. The van der Waals surface area contributed by atoms with E-state index in [2.05, 4.69) is 31.0 Å². The second-order valence-electron chi connectivity index (χ2n) is 7.98. The second-order valence-corrected chi connectivity index (χ2v) is 7.98. The highest BCUT2D eigenvalue weighted by Crippen LogP contribution is 2.39. The molecule has 2 rings (SSSR count). The summed E-state index contributed by atoms with van der Waals surface area (Å²) in [5.74, 6) is 1.96. The van der Waals surface area contributed by atoms with Crippen molar-refractivity contribution in [1.29, 1.82) is 0 Å². The van der Waals surface area contributed by atoms with Gasteiger partial charge < -0.3 is 10.2 Å². The molecule has 0 amide bonds. The number of rotatable bonds is 9. The Morgan fingerprint density at radius 1 is 1.10 bits per heavy atom. The van der Waals surface area contributed by atoms with E-state index in [1.165, 1.54) is 84.1 Å². The first-order valence-corrected chi connectivity index (χ1v) is 9.60. The third-order valence-electron chi connectivity index (χ3n) is 6.01. The standard InChI is InChI=1S/C19H38N2/c1-4-13-20-15-19(11-9-17(3)10-12-19)16-21(5-2)14-18-7-6-8-18/h17-18,20H,4-16H2,1-3H3. The molecule has 2 nitrogen and oxygen atoms in total. The van der Waals surface area contributed by atoms with Gasteiger partial charge in [0.15, 0.2) is 0 Å². The van der Waals surface area contributed by atoms with Crippen LogP contribution in [0.5, 0.6) is 0 Å². The first-order valence-electron chi connectivity index (χ1n) is 9.60. The van der Waals surface area contributed by atoms with Crippen LogP contribution in [0.2, 0.25) is 0 Å². The van der Waals surface area contributed by atoms with Crippen molar-refractivity contribution in [3.63, 3.8) is 0 Å². The number of nitrogens with zero attached hydrogens (tertiary/aromatic N) is 1. The Hall–Kier alpha value is -0.0800. The normalized spacial score (nSPS) is 30.6. The molecule has 0 aromatic heterocycles. The molecule has 0 heterocycles. The largest absolute Gasteiger partial charge is 0.316 e. The van der Waals surface area contributed by atoms with Gasteiger partial charge in [0.05, 0.1) is 0 Å². The molecule has 2 fully saturated rings. The van der Waals surface area contributed by atoms with Crippen molar-refractivity contribution in [2.45, 2.75) is 72.1 Å². The first kappa shape index (κ1) is 17.3. The maximum atomic E-state index is 3.74. The van der Waals surface area contributed by atoms with Gasteiger partial charge in [-0.25, -0.2) is 0 Å². The fourth-order valence-electron chi connectivity index (χ4n) is 4.12. The van der Waals surface area contributed by atoms with Crippen molar-refractivity contribution in [2.75, 3.05) is 32.7 Å². The number of hydrogen-bond donors (Lipinski definition) is 1. The predicted octanol–water partition coefficient (Wildman–Crippen LogP) is 4.30. The van der Waals surface area contributed by atoms with Gasteiger partial charge in [0, 0.05) is 19.6 Å². The van der Waals surface area contributed by atoms with Crippen molar-refractivity contribution in [3.8, 4) is 0 Å². The number of hydrogen-bond acceptors (Lipinski definition) is 2. The van der Waals surface area contributed by atoms with Gasteiger partial charge in [-0.05, 0) is 62.4 Å². The molecular weight excluding hydrogens is 256 g/mol. The van der Waals surface area contributed by atoms with Crippen LogP contribution in [-0.4, -0.2) is 37.6 Å². The molecule has 0 aromatic rings. The Morgan fingerprint density at radius 2 is 1.81 bits per heavy atom. The summed E-state index contributed by atoms with van der Waals surface area (Å²) in [5.41, 5.74) is 0.557. The lowest BCUT2D eigenvalue weighted by molar-refractivity contribution is 0.0711. The molecule has 2 heteroatoms. The third kappa shape index (κ3) is 5.25. The van der Waals surface area contributed by atoms with Gasteiger partial charge >= 0.3 is 0 Å². The molecule has 0 saturated heterocycles. The summed E-state index contributed by atoms with van der Waals surface area (Å²) in [6.07, 6.45) is 11.4. The lowest BCUT2D eigenvalue weighted by Gasteiger charge is -2.44. The van der Waals surface area contributed by atoms with Gasteiger partial charge in [-0.2, -0.15) is 0 Å². The first-order chi connectivity index (χ1) is 10.2. The lowest BCUT2D eigenvalue weighted by atomic mass is 9.70. The molecule has 0 radical (unpaired) electrons. The van der Waals surface area contributed by atoms with Crippen LogP contribution in [0, 0.1) is 17.3 Å². The maximum absolute atomic E-state index is 3.74. The SMILES string of the molecule is CCCNCC1(CN(CC)CC2CCC2)CCC(C)CC1. The van der Waals surface area contributed by atoms with Crippen LogP contribution in [0.25, 0.3) is 0 Å². The Bertz CT molecular complexity index is 277. The highest BCUT2D eigenvalue weighted by molar-refractivity contribution is 4.90. The summed E-state index contributed by atoms with van der Waals surface area (Å²) in [6, 6.07) is 0. The smallest absolute Gasteiger partial charge is 0.00501 e. The number of nitrogens with one attached hydrogen (secondary N) is 1. The zero-order valence-corrected chi connectivity index (χ0v) is 14.8. The lowest BCUT2D eigenvalue weighted by Crippen LogP contribution is -2.47. The van der Waals surface area contributed by atoms with E-state index in [4.69, 9.17) is 0 Å². The van der Waals surface area contributed by atoms with Crippen LogP contribution in [0.4, 0.5) is 0 Å². The molecule has 1 N–H and O–H groups in total. The molecular formula is C19H38N2. The average Bonchev–Trinajstić information content (AvgIpc) is 2.45. The molecule has 0 aromatic carbocycles. The van der Waals surface area contributed by atoms with Crippen molar-refractivity contribution < 1.29 is 0 Å². The van der Waals surface area contributed by atoms with Crippen LogP contribution in [0.1, 0.15) is 72.1 Å². The monoisotopic (exact) mass is 294 g/mol. The minimum absolute atomic E-state index is 0.557. The van der Waals surface area contributed by atoms with Crippen molar-refractivity contribution in [2.24, 2.45) is 17.3 Å². The molecule has 0 unspecified atom stereocenters. The Kier molecular flexibility index (Phi) is 7.01. The Morgan fingerprint density at radius 3 is 2.33 bits per heavy atom. The third-order valence-corrected chi connectivity index (χ3v) is 6.01. The molecule has 0 bridgehead atoms. The van der Waals surface area contributed by atoms with Gasteiger partial charge in [0.1, 0.15) is 0 Å². The van der Waals surface area contributed by atoms with Crippen LogP contribution < -0.4 is 5.32 Å². The van der Waals surface area contributed by atoms with E-state index in [1.807, 2.05) is 0 Å². The summed E-state index contributed by atoms with van der Waals surface area (Å²) in [5, 5.41) is 3.74. The van der Waals surface area contributed by atoms with Gasteiger partial charge in [-0.3, -0.25) is 0 Å². The molecule has 21 heavy (non-hydrogen) atoms. The summed E-state index contributed by atoms with van der Waals surface area (Å²) < 4.78 is 0. The van der Waals surface area contributed by atoms with Crippen molar-refractivity contribution in [1.82, 2.24) is 10.2 Å². The Labute approximate surface area is 133 Å². The highest BCUT2D eigenvalue weighted by Gasteiger charge is 2.35. The zero-order chi connectivity index (χ0) is 15.1. The van der Waals surface area contributed by atoms with E-state index < -0.39 is 0 Å². The van der Waals surface area contributed by atoms with E-state index in [9.17, 15) is 0 Å². The molecule has 124 valence electrons. The zero-order valence-electron chi connectivity index (χ0n) is 14.8. The second kappa shape index (κ2) is 8.53.